The van der Waals surface area contributed by atoms with Gasteiger partial charge in [0.05, 0.1) is 0 Å². The summed E-state index contributed by atoms with van der Waals surface area (Å²) in [4.78, 5) is 4.65. The van der Waals surface area contributed by atoms with E-state index in [9.17, 15) is 0 Å². The van der Waals surface area contributed by atoms with Gasteiger partial charge in [0, 0.05) is 51.8 Å². The Labute approximate surface area is 177 Å². The zero-order valence-corrected chi connectivity index (χ0v) is 19.3. The third kappa shape index (κ3) is 5.89. The standard InChI is InChI=1S/C21H32ClN5S/c1-13-7-8-15(10-17(13)22)24-19-25-18(26-28-19)9-14(2)23-16-11-20(3,4)27-21(5,6)12-16/h7-8,10,14,16,23,27H,9,11-12H2,1-6H3,(H,24,25,26). The van der Waals surface area contributed by atoms with Crippen molar-refractivity contribution < 1.29 is 0 Å². The Balaban J connectivity index is 1.56. The summed E-state index contributed by atoms with van der Waals surface area (Å²) >= 11 is 7.59. The van der Waals surface area contributed by atoms with Crippen LogP contribution in [0.15, 0.2) is 18.2 Å². The Morgan fingerprint density at radius 1 is 1.25 bits per heavy atom. The Kier molecular flexibility index (Phi) is 6.35. The molecule has 2 aromatic rings. The maximum absolute atomic E-state index is 6.20. The first-order valence-electron chi connectivity index (χ1n) is 9.92. The third-order valence-corrected chi connectivity index (χ3v) is 6.17. The molecule has 1 saturated heterocycles. The van der Waals surface area contributed by atoms with E-state index < -0.39 is 0 Å². The fraction of sp³-hybridized carbons (Fsp3) is 0.619. The van der Waals surface area contributed by atoms with E-state index in [1.165, 1.54) is 11.5 Å². The Morgan fingerprint density at radius 2 is 1.93 bits per heavy atom. The number of benzene rings is 1. The summed E-state index contributed by atoms with van der Waals surface area (Å²) in [6.45, 7) is 13.3. The zero-order chi connectivity index (χ0) is 20.5. The lowest BCUT2D eigenvalue weighted by molar-refractivity contribution is 0.140. The van der Waals surface area contributed by atoms with Crippen LogP contribution >= 0.6 is 23.1 Å². The van der Waals surface area contributed by atoms with Gasteiger partial charge < -0.3 is 16.0 Å². The second-order valence-corrected chi connectivity index (χ2v) is 10.5. The molecule has 1 aliphatic heterocycles. The van der Waals surface area contributed by atoms with Crippen LogP contribution in [-0.2, 0) is 6.42 Å². The van der Waals surface area contributed by atoms with Crippen molar-refractivity contribution >= 4 is 34.0 Å². The van der Waals surface area contributed by atoms with Crippen LogP contribution in [-0.4, -0.2) is 32.5 Å². The molecule has 0 aliphatic carbocycles. The number of halogens is 1. The zero-order valence-electron chi connectivity index (χ0n) is 17.7. The van der Waals surface area contributed by atoms with E-state index >= 15 is 0 Å². The van der Waals surface area contributed by atoms with E-state index in [1.807, 2.05) is 25.1 Å². The molecule has 0 amide bonds. The van der Waals surface area contributed by atoms with Crippen molar-refractivity contribution in [3.63, 3.8) is 0 Å². The molecule has 0 radical (unpaired) electrons. The summed E-state index contributed by atoms with van der Waals surface area (Å²) in [6, 6.07) is 6.74. The molecule has 0 bridgehead atoms. The van der Waals surface area contributed by atoms with Gasteiger partial charge in [-0.05, 0) is 72.1 Å². The summed E-state index contributed by atoms with van der Waals surface area (Å²) in [5.41, 5.74) is 2.28. The number of rotatable bonds is 6. The van der Waals surface area contributed by atoms with Crippen LogP contribution in [0.3, 0.4) is 0 Å². The molecule has 1 atom stereocenters. The van der Waals surface area contributed by atoms with E-state index in [0.717, 1.165) is 46.5 Å². The van der Waals surface area contributed by atoms with Crippen LogP contribution in [0.4, 0.5) is 10.8 Å². The number of anilines is 2. The molecule has 1 fully saturated rings. The molecule has 3 N–H and O–H groups in total. The average Bonchev–Trinajstić information content (AvgIpc) is 2.94. The van der Waals surface area contributed by atoms with Gasteiger partial charge in [-0.3, -0.25) is 0 Å². The monoisotopic (exact) mass is 421 g/mol. The second-order valence-electron chi connectivity index (χ2n) is 9.37. The van der Waals surface area contributed by atoms with Gasteiger partial charge in [0.1, 0.15) is 5.82 Å². The smallest absolute Gasteiger partial charge is 0.207 e. The highest BCUT2D eigenvalue weighted by Gasteiger charge is 2.37. The average molecular weight is 422 g/mol. The van der Waals surface area contributed by atoms with Crippen molar-refractivity contribution in [1.82, 2.24) is 20.0 Å². The molecule has 0 saturated carbocycles. The molecule has 154 valence electrons. The van der Waals surface area contributed by atoms with Crippen LogP contribution in [0.25, 0.3) is 0 Å². The highest BCUT2D eigenvalue weighted by Crippen LogP contribution is 2.29. The van der Waals surface area contributed by atoms with Gasteiger partial charge in [0.2, 0.25) is 5.13 Å². The molecule has 5 nitrogen and oxygen atoms in total. The number of nitrogens with zero attached hydrogens (tertiary/aromatic N) is 2. The summed E-state index contributed by atoms with van der Waals surface area (Å²) in [7, 11) is 0. The third-order valence-electron chi connectivity index (χ3n) is 5.09. The van der Waals surface area contributed by atoms with Gasteiger partial charge in [0.15, 0.2) is 0 Å². The first-order valence-corrected chi connectivity index (χ1v) is 11.1. The highest BCUT2D eigenvalue weighted by atomic mass is 35.5. The molecular weight excluding hydrogens is 390 g/mol. The lowest BCUT2D eigenvalue weighted by Crippen LogP contribution is -2.62. The van der Waals surface area contributed by atoms with E-state index in [-0.39, 0.29) is 11.1 Å². The number of hydrogen-bond donors (Lipinski definition) is 3. The van der Waals surface area contributed by atoms with Crippen molar-refractivity contribution in [2.75, 3.05) is 5.32 Å². The van der Waals surface area contributed by atoms with Crippen LogP contribution in [0.1, 0.15) is 58.8 Å². The molecular formula is C21H32ClN5S. The summed E-state index contributed by atoms with van der Waals surface area (Å²) in [6.07, 6.45) is 3.05. The van der Waals surface area contributed by atoms with E-state index in [1.54, 1.807) is 0 Å². The topological polar surface area (TPSA) is 61.9 Å². The lowest BCUT2D eigenvalue weighted by atomic mass is 9.79. The normalized spacial score (nSPS) is 20.1. The highest BCUT2D eigenvalue weighted by molar-refractivity contribution is 7.09. The Hall–Kier alpha value is -1.21. The number of aryl methyl sites for hydroxylation is 1. The number of hydrogen-bond acceptors (Lipinski definition) is 6. The van der Waals surface area contributed by atoms with Crippen LogP contribution in [0, 0.1) is 6.92 Å². The first-order chi connectivity index (χ1) is 13.0. The first kappa shape index (κ1) is 21.5. The molecule has 1 aliphatic rings. The van der Waals surface area contributed by atoms with Crippen LogP contribution < -0.4 is 16.0 Å². The summed E-state index contributed by atoms with van der Waals surface area (Å²) in [5.74, 6) is 0.873. The summed E-state index contributed by atoms with van der Waals surface area (Å²) < 4.78 is 4.53. The van der Waals surface area contributed by atoms with Gasteiger partial charge in [-0.2, -0.15) is 4.37 Å². The minimum absolute atomic E-state index is 0.143. The predicted octanol–water partition coefficient (Wildman–Crippen LogP) is 5.07. The van der Waals surface area contributed by atoms with Crippen LogP contribution in [0.2, 0.25) is 5.02 Å². The number of nitrogens with one attached hydrogen (secondary N) is 3. The van der Waals surface area contributed by atoms with Gasteiger partial charge in [0.25, 0.3) is 0 Å². The predicted molar refractivity (Wildman–Crippen MR) is 120 cm³/mol. The van der Waals surface area contributed by atoms with E-state index in [0.29, 0.717) is 12.1 Å². The molecule has 1 unspecified atom stereocenters. The SMILES string of the molecule is Cc1ccc(Nc2nc(CC(C)NC3CC(C)(C)NC(C)(C)C3)ns2)cc1Cl. The minimum atomic E-state index is 0.143. The molecule has 7 heteroatoms. The van der Waals surface area contributed by atoms with Gasteiger partial charge in [-0.25, -0.2) is 4.98 Å². The van der Waals surface area contributed by atoms with E-state index in [2.05, 4.69) is 59.9 Å². The van der Waals surface area contributed by atoms with Gasteiger partial charge in [-0.15, -0.1) is 0 Å². The Bertz CT molecular complexity index is 801. The molecule has 3 rings (SSSR count). The quantitative estimate of drug-likeness (QED) is 0.607. The molecule has 2 heterocycles. The fourth-order valence-corrected chi connectivity index (χ4v) is 5.15. The number of piperidine rings is 1. The van der Waals surface area contributed by atoms with Crippen molar-refractivity contribution in [2.45, 2.75) is 84.0 Å². The van der Waals surface area contributed by atoms with Crippen molar-refractivity contribution in [2.24, 2.45) is 0 Å². The van der Waals surface area contributed by atoms with E-state index in [4.69, 9.17) is 11.6 Å². The van der Waals surface area contributed by atoms with Crippen molar-refractivity contribution in [3.05, 3.63) is 34.6 Å². The molecule has 0 spiro atoms. The fourth-order valence-electron chi connectivity index (χ4n) is 4.36. The second kappa shape index (κ2) is 8.27. The van der Waals surface area contributed by atoms with Crippen molar-refractivity contribution in [1.29, 1.82) is 0 Å². The minimum Gasteiger partial charge on any atom is -0.330 e. The maximum atomic E-state index is 6.20. The summed E-state index contributed by atoms with van der Waals surface area (Å²) in [5, 5.41) is 12.4. The number of aromatic nitrogens is 2. The largest absolute Gasteiger partial charge is 0.330 e. The molecule has 28 heavy (non-hydrogen) atoms. The van der Waals surface area contributed by atoms with Gasteiger partial charge >= 0.3 is 0 Å². The van der Waals surface area contributed by atoms with Crippen molar-refractivity contribution in [3.8, 4) is 0 Å². The molecule has 1 aromatic heterocycles. The Morgan fingerprint density at radius 3 is 2.57 bits per heavy atom. The maximum Gasteiger partial charge on any atom is 0.207 e. The van der Waals surface area contributed by atoms with Crippen LogP contribution in [0.5, 0.6) is 0 Å². The van der Waals surface area contributed by atoms with Gasteiger partial charge in [-0.1, -0.05) is 17.7 Å². The lowest BCUT2D eigenvalue weighted by Gasteiger charge is -2.47. The molecule has 1 aromatic carbocycles.